The van der Waals surface area contributed by atoms with Crippen molar-refractivity contribution in [3.63, 3.8) is 0 Å². The smallest absolute Gasteiger partial charge is 0.444 e. The predicted molar refractivity (Wildman–Crippen MR) is 103 cm³/mol. The fraction of sp³-hybridized carbons (Fsp3) is 0.556. The van der Waals surface area contributed by atoms with Crippen molar-refractivity contribution < 1.29 is 17.6 Å². The predicted octanol–water partition coefficient (Wildman–Crippen LogP) is 1.42. The zero-order chi connectivity index (χ0) is 20.7. The van der Waals surface area contributed by atoms with Crippen LogP contribution in [-0.4, -0.2) is 42.4 Å². The van der Waals surface area contributed by atoms with E-state index in [1.165, 1.54) is 31.4 Å². The fourth-order valence-electron chi connectivity index (χ4n) is 3.97. The number of sulfonamides is 1. The van der Waals surface area contributed by atoms with Crippen LogP contribution in [0.3, 0.4) is 0 Å². The van der Waals surface area contributed by atoms with Crippen LogP contribution in [0.15, 0.2) is 38.4 Å². The summed E-state index contributed by atoms with van der Waals surface area (Å²) >= 11 is 0. The minimum atomic E-state index is -3.70. The molecule has 0 unspecified atom stereocenters. The van der Waals surface area contributed by atoms with Crippen molar-refractivity contribution in [1.82, 2.24) is 19.8 Å². The van der Waals surface area contributed by atoms with Gasteiger partial charge in [-0.3, -0.25) is 0 Å². The summed E-state index contributed by atoms with van der Waals surface area (Å²) in [5, 5.41) is 7.39. The van der Waals surface area contributed by atoms with Crippen LogP contribution in [0.2, 0.25) is 0 Å². The highest BCUT2D eigenvalue weighted by molar-refractivity contribution is 7.89. The first-order valence-electron chi connectivity index (χ1n) is 8.97. The van der Waals surface area contributed by atoms with Crippen LogP contribution >= 0.6 is 0 Å². The molecule has 28 heavy (non-hydrogen) atoms. The van der Waals surface area contributed by atoms with E-state index >= 15 is 0 Å². The lowest BCUT2D eigenvalue weighted by molar-refractivity contribution is 0.157. The zero-order valence-corrected chi connectivity index (χ0v) is 17.5. The minimum Gasteiger partial charge on any atom is -0.452 e. The monoisotopic (exact) mass is 410 g/mol. The maximum Gasteiger partial charge on any atom is 0.444 e. The molecule has 1 saturated heterocycles. The molecule has 0 radical (unpaired) electrons. The van der Waals surface area contributed by atoms with Gasteiger partial charge in [-0.1, -0.05) is 5.10 Å². The highest BCUT2D eigenvalue weighted by Gasteiger charge is 2.39. The Kier molecular flexibility index (Phi) is 5.15. The fourth-order valence-corrected chi connectivity index (χ4v) is 5.20. The lowest BCUT2D eigenvalue weighted by Crippen LogP contribution is -2.62. The second-order valence-corrected chi connectivity index (χ2v) is 10.1. The summed E-state index contributed by atoms with van der Waals surface area (Å²) in [5.41, 5.74) is 0.0259. The molecule has 2 aromatic rings. The lowest BCUT2D eigenvalue weighted by atomic mass is 9.80. The summed E-state index contributed by atoms with van der Waals surface area (Å²) in [6.45, 7) is 8.25. The molecule has 1 aromatic carbocycles. The van der Waals surface area contributed by atoms with E-state index in [1.54, 1.807) is 0 Å². The van der Waals surface area contributed by atoms with Gasteiger partial charge in [0.1, 0.15) is 0 Å². The van der Waals surface area contributed by atoms with Crippen molar-refractivity contribution in [2.45, 2.75) is 62.6 Å². The maximum atomic E-state index is 12.8. The van der Waals surface area contributed by atoms with Crippen LogP contribution < -0.4 is 20.5 Å². The van der Waals surface area contributed by atoms with E-state index in [0.29, 0.717) is 18.5 Å². The Balaban J connectivity index is 1.80. The van der Waals surface area contributed by atoms with Gasteiger partial charge in [-0.25, -0.2) is 17.9 Å². The van der Waals surface area contributed by atoms with Gasteiger partial charge in [0.2, 0.25) is 10.0 Å². The Hall–Kier alpha value is -2.17. The lowest BCUT2D eigenvalue weighted by Gasteiger charge is -2.46. The summed E-state index contributed by atoms with van der Waals surface area (Å²) in [5.74, 6) is -0.718. The van der Waals surface area contributed by atoms with Gasteiger partial charge in [-0.2, -0.15) is 4.68 Å². The Morgan fingerprint density at radius 2 is 1.75 bits per heavy atom. The molecule has 1 fully saturated rings. The van der Waals surface area contributed by atoms with Crippen LogP contribution in [-0.2, 0) is 10.0 Å². The van der Waals surface area contributed by atoms with Crippen LogP contribution in [0.4, 0.5) is 0 Å². The molecule has 9 nitrogen and oxygen atoms in total. The molecule has 1 aliphatic heterocycles. The van der Waals surface area contributed by atoms with E-state index in [4.69, 9.17) is 9.15 Å². The molecule has 154 valence electrons. The number of nitrogens with one attached hydrogen (secondary N) is 2. The number of hydrogen-bond acceptors (Lipinski definition) is 7. The van der Waals surface area contributed by atoms with E-state index < -0.39 is 15.8 Å². The Morgan fingerprint density at radius 1 is 1.18 bits per heavy atom. The van der Waals surface area contributed by atoms with Gasteiger partial charge in [0.05, 0.1) is 17.7 Å². The Morgan fingerprint density at radius 3 is 2.25 bits per heavy atom. The van der Waals surface area contributed by atoms with Crippen molar-refractivity contribution in [3.8, 4) is 11.8 Å². The third kappa shape index (κ3) is 4.45. The molecule has 0 bridgehead atoms. The first-order chi connectivity index (χ1) is 12.9. The van der Waals surface area contributed by atoms with Crippen LogP contribution in [0.25, 0.3) is 5.69 Å². The number of nitrogens with zero attached hydrogens (tertiary/aromatic N) is 2. The van der Waals surface area contributed by atoms with Crippen LogP contribution in [0.5, 0.6) is 6.08 Å². The number of rotatable bonds is 5. The summed E-state index contributed by atoms with van der Waals surface area (Å²) < 4.78 is 39.1. The number of ether oxygens (including phenoxy) is 1. The Bertz CT molecular complexity index is 989. The number of hydrogen-bond donors (Lipinski definition) is 2. The standard InChI is InChI=1S/C18H26N4O5S/c1-17(2)10-12(11-18(3,4)21-17)20-28(24,25)14-8-6-13(7-9-14)22-16(23)27-15(19-22)26-5/h6-9,12,20-21H,10-11H2,1-5H3. The highest BCUT2D eigenvalue weighted by atomic mass is 32.2. The zero-order valence-electron chi connectivity index (χ0n) is 16.6. The summed E-state index contributed by atoms with van der Waals surface area (Å²) in [7, 11) is -2.37. The van der Waals surface area contributed by atoms with E-state index in [1.807, 2.05) is 0 Å². The second kappa shape index (κ2) is 7.02. The molecular formula is C18H26N4O5S. The molecule has 3 rings (SSSR count). The van der Waals surface area contributed by atoms with Gasteiger partial charge in [-0.05, 0) is 64.8 Å². The van der Waals surface area contributed by atoms with Gasteiger partial charge in [0, 0.05) is 17.1 Å². The first kappa shape index (κ1) is 20.6. The molecule has 1 aromatic heterocycles. The third-order valence-electron chi connectivity index (χ3n) is 4.61. The van der Waals surface area contributed by atoms with E-state index in [0.717, 1.165) is 4.68 Å². The molecule has 0 amide bonds. The largest absolute Gasteiger partial charge is 0.452 e. The van der Waals surface area contributed by atoms with Gasteiger partial charge >= 0.3 is 11.8 Å². The SMILES string of the molecule is COc1nn(-c2ccc(S(=O)(=O)NC3CC(C)(C)NC(C)(C)C3)cc2)c(=O)o1. The number of benzene rings is 1. The van der Waals surface area contributed by atoms with Gasteiger partial charge in [-0.15, -0.1) is 0 Å². The van der Waals surface area contributed by atoms with Gasteiger partial charge < -0.3 is 14.5 Å². The van der Waals surface area contributed by atoms with E-state index in [-0.39, 0.29) is 28.1 Å². The molecular weight excluding hydrogens is 384 g/mol. The number of methoxy groups -OCH3 is 1. The summed E-state index contributed by atoms with van der Waals surface area (Å²) in [4.78, 5) is 11.9. The average Bonchev–Trinajstić information content (AvgIpc) is 2.92. The summed E-state index contributed by atoms with van der Waals surface area (Å²) in [6.07, 6.45) is 1.20. The molecule has 0 atom stereocenters. The van der Waals surface area contributed by atoms with E-state index in [2.05, 4.69) is 42.8 Å². The molecule has 2 N–H and O–H groups in total. The van der Waals surface area contributed by atoms with Crippen molar-refractivity contribution in [3.05, 3.63) is 34.8 Å². The second-order valence-electron chi connectivity index (χ2n) is 8.36. The van der Waals surface area contributed by atoms with Crippen molar-refractivity contribution >= 4 is 10.0 Å². The number of piperidine rings is 1. The minimum absolute atomic E-state index is 0.119. The Labute approximate surface area is 164 Å². The summed E-state index contributed by atoms with van der Waals surface area (Å²) in [6, 6.07) is 5.67. The van der Waals surface area contributed by atoms with Gasteiger partial charge in [0.25, 0.3) is 0 Å². The normalized spacial score (nSPS) is 19.5. The maximum absolute atomic E-state index is 12.8. The van der Waals surface area contributed by atoms with Crippen molar-refractivity contribution in [1.29, 1.82) is 0 Å². The first-order valence-corrected chi connectivity index (χ1v) is 10.5. The molecule has 2 heterocycles. The topological polar surface area (TPSA) is 115 Å². The highest BCUT2D eigenvalue weighted by Crippen LogP contribution is 2.29. The molecule has 0 spiro atoms. The molecule has 0 saturated carbocycles. The van der Waals surface area contributed by atoms with Crippen LogP contribution in [0, 0.1) is 0 Å². The average molecular weight is 410 g/mol. The third-order valence-corrected chi connectivity index (χ3v) is 6.14. The number of aromatic nitrogens is 2. The van der Waals surface area contributed by atoms with Gasteiger partial charge in [0.15, 0.2) is 0 Å². The molecule has 1 aliphatic rings. The van der Waals surface area contributed by atoms with Crippen molar-refractivity contribution in [2.75, 3.05) is 7.11 Å². The molecule has 0 aliphatic carbocycles. The molecule has 10 heteroatoms. The van der Waals surface area contributed by atoms with Crippen LogP contribution in [0.1, 0.15) is 40.5 Å². The quantitative estimate of drug-likeness (QED) is 0.766. The van der Waals surface area contributed by atoms with Crippen molar-refractivity contribution in [2.24, 2.45) is 0 Å². The van der Waals surface area contributed by atoms with E-state index in [9.17, 15) is 13.2 Å².